The van der Waals surface area contributed by atoms with E-state index in [1.54, 1.807) is 6.07 Å². The van der Waals surface area contributed by atoms with E-state index in [2.05, 4.69) is 10.2 Å². The number of hydrogen-bond donors (Lipinski definition) is 2. The number of amides is 2. The summed E-state index contributed by atoms with van der Waals surface area (Å²) in [6.07, 6.45) is 0.699. The third-order valence-corrected chi connectivity index (χ3v) is 7.16. The number of benzene rings is 2. The molecule has 2 fully saturated rings. The molecule has 2 heterocycles. The van der Waals surface area contributed by atoms with E-state index in [1.165, 1.54) is 12.1 Å². The van der Waals surface area contributed by atoms with Crippen molar-refractivity contribution in [3.63, 3.8) is 0 Å². The zero-order valence-corrected chi connectivity index (χ0v) is 20.1. The number of piperazine rings is 1. The summed E-state index contributed by atoms with van der Waals surface area (Å²) >= 11 is 12.4. The quantitative estimate of drug-likeness (QED) is 0.626. The zero-order chi connectivity index (χ0) is 23.5. The van der Waals surface area contributed by atoms with E-state index in [-0.39, 0.29) is 28.5 Å². The Morgan fingerprint density at radius 1 is 1.09 bits per heavy atom. The molecule has 176 valence electrons. The van der Waals surface area contributed by atoms with E-state index >= 15 is 0 Å². The molecule has 2 aromatic carbocycles. The predicted molar refractivity (Wildman–Crippen MR) is 131 cm³/mol. The minimum atomic E-state index is -0.189. The van der Waals surface area contributed by atoms with Crippen molar-refractivity contribution in [1.82, 2.24) is 9.80 Å². The summed E-state index contributed by atoms with van der Waals surface area (Å²) < 4.78 is 0. The Kier molecular flexibility index (Phi) is 7.32. The number of carbonyl (C=O) groups is 2. The maximum Gasteiger partial charge on any atom is 0.236 e. The first kappa shape index (κ1) is 23.7. The molecule has 9 heteroatoms. The molecule has 0 aliphatic carbocycles. The Labute approximate surface area is 203 Å². The maximum atomic E-state index is 12.9. The summed E-state index contributed by atoms with van der Waals surface area (Å²) in [4.78, 5) is 31.6. The second kappa shape index (κ2) is 10.2. The van der Waals surface area contributed by atoms with E-state index < -0.39 is 0 Å². The van der Waals surface area contributed by atoms with Crippen LogP contribution in [0.3, 0.4) is 0 Å². The molecule has 0 aromatic heterocycles. The van der Waals surface area contributed by atoms with Gasteiger partial charge in [0.05, 0.1) is 28.2 Å². The van der Waals surface area contributed by atoms with Crippen LogP contribution in [0.5, 0.6) is 5.75 Å². The van der Waals surface area contributed by atoms with Gasteiger partial charge in [0, 0.05) is 38.4 Å². The highest BCUT2D eigenvalue weighted by Gasteiger charge is 2.31. The molecule has 0 bridgehead atoms. The number of aryl methyl sites for hydroxylation is 1. The lowest BCUT2D eigenvalue weighted by atomic mass is 10.1. The highest BCUT2D eigenvalue weighted by molar-refractivity contribution is 6.34. The lowest BCUT2D eigenvalue weighted by molar-refractivity contribution is -0.132. The van der Waals surface area contributed by atoms with Crippen LogP contribution < -0.4 is 10.2 Å². The molecule has 2 amide bonds. The van der Waals surface area contributed by atoms with Crippen LogP contribution in [0.4, 0.5) is 11.4 Å². The van der Waals surface area contributed by atoms with Gasteiger partial charge >= 0.3 is 0 Å². The maximum absolute atomic E-state index is 12.9. The molecule has 7 nitrogen and oxygen atoms in total. The number of nitrogens with zero attached hydrogens (tertiary/aromatic N) is 3. The van der Waals surface area contributed by atoms with Crippen molar-refractivity contribution in [3.8, 4) is 5.75 Å². The van der Waals surface area contributed by atoms with Crippen molar-refractivity contribution in [1.29, 1.82) is 0 Å². The van der Waals surface area contributed by atoms with Gasteiger partial charge < -0.3 is 20.2 Å². The molecule has 0 spiro atoms. The number of halogens is 2. The van der Waals surface area contributed by atoms with Gasteiger partial charge in [0.2, 0.25) is 11.8 Å². The first-order chi connectivity index (χ1) is 15.8. The van der Waals surface area contributed by atoms with Gasteiger partial charge in [-0.15, -0.1) is 0 Å². The Morgan fingerprint density at radius 2 is 1.85 bits per heavy atom. The average molecular weight is 491 g/mol. The molecule has 33 heavy (non-hydrogen) atoms. The van der Waals surface area contributed by atoms with Crippen LogP contribution in [0.25, 0.3) is 0 Å². The molecule has 4 rings (SSSR count). The Hall–Kier alpha value is -2.48. The molecule has 2 aliphatic heterocycles. The van der Waals surface area contributed by atoms with E-state index in [0.717, 1.165) is 29.4 Å². The van der Waals surface area contributed by atoms with Crippen LogP contribution in [0, 0.1) is 12.8 Å². The molecule has 1 atom stereocenters. The Bertz CT molecular complexity index is 1040. The van der Waals surface area contributed by atoms with Crippen molar-refractivity contribution in [3.05, 3.63) is 52.0 Å². The van der Waals surface area contributed by atoms with Crippen LogP contribution in [0.2, 0.25) is 10.0 Å². The third-order valence-electron chi connectivity index (χ3n) is 6.36. The molecular formula is C24H28Cl2N4O3. The summed E-state index contributed by atoms with van der Waals surface area (Å²) in [5.74, 6) is -0.222. The molecule has 2 saturated heterocycles. The minimum Gasteiger partial charge on any atom is -0.506 e. The number of rotatable bonds is 5. The average Bonchev–Trinajstić information content (AvgIpc) is 3.27. The van der Waals surface area contributed by atoms with Crippen LogP contribution in [0.1, 0.15) is 12.0 Å². The molecule has 0 radical (unpaired) electrons. The fourth-order valence-corrected chi connectivity index (χ4v) is 4.81. The summed E-state index contributed by atoms with van der Waals surface area (Å²) in [7, 11) is 0. The first-order valence-corrected chi connectivity index (χ1v) is 11.9. The third kappa shape index (κ3) is 5.54. The number of aromatic hydroxyl groups is 1. The van der Waals surface area contributed by atoms with Crippen molar-refractivity contribution in [2.75, 3.05) is 56.0 Å². The van der Waals surface area contributed by atoms with Gasteiger partial charge in [-0.25, -0.2) is 0 Å². The monoisotopic (exact) mass is 490 g/mol. The van der Waals surface area contributed by atoms with Gasteiger partial charge in [-0.3, -0.25) is 14.5 Å². The Balaban J connectivity index is 1.24. The second-order valence-corrected chi connectivity index (χ2v) is 9.44. The van der Waals surface area contributed by atoms with E-state index in [4.69, 9.17) is 23.2 Å². The number of nitrogens with one attached hydrogen (secondary N) is 1. The highest BCUT2D eigenvalue weighted by atomic mass is 35.5. The van der Waals surface area contributed by atoms with Gasteiger partial charge in [-0.1, -0.05) is 35.3 Å². The predicted octanol–water partition coefficient (Wildman–Crippen LogP) is 3.62. The van der Waals surface area contributed by atoms with Crippen molar-refractivity contribution in [2.24, 2.45) is 5.92 Å². The first-order valence-electron chi connectivity index (χ1n) is 11.1. The fourth-order valence-electron chi connectivity index (χ4n) is 4.38. The van der Waals surface area contributed by atoms with E-state index in [0.29, 0.717) is 44.8 Å². The molecule has 2 aromatic rings. The lowest BCUT2D eigenvalue weighted by Gasteiger charge is -2.37. The molecule has 2 aliphatic rings. The Morgan fingerprint density at radius 3 is 2.58 bits per heavy atom. The fraction of sp³-hybridized carbons (Fsp3) is 0.417. The van der Waals surface area contributed by atoms with Crippen LogP contribution >= 0.6 is 23.2 Å². The summed E-state index contributed by atoms with van der Waals surface area (Å²) in [6.45, 7) is 6.37. The number of phenols is 1. The standard InChI is InChI=1S/C24H28Cl2N4O3/c1-16-3-2-4-20(23(16)26)29-9-11-30(12-10-29)22(32)15-28-8-7-17(14-28)24(33)27-18-5-6-21(31)19(25)13-18/h2-6,13,17,31H,7-12,14-15H2,1H3,(H,27,33)/t17-/m1/s1. The largest absolute Gasteiger partial charge is 0.506 e. The minimum absolute atomic E-state index is 0.0250. The normalized spacial score (nSPS) is 19.1. The van der Waals surface area contributed by atoms with Gasteiger partial charge in [0.1, 0.15) is 5.75 Å². The summed E-state index contributed by atoms with van der Waals surface area (Å²) in [6, 6.07) is 10.6. The highest BCUT2D eigenvalue weighted by Crippen LogP contribution is 2.30. The van der Waals surface area contributed by atoms with Crippen LogP contribution in [-0.2, 0) is 9.59 Å². The number of likely N-dealkylation sites (tertiary alicyclic amines) is 1. The van der Waals surface area contributed by atoms with Crippen molar-refractivity contribution >= 4 is 46.4 Å². The van der Waals surface area contributed by atoms with Crippen LogP contribution in [-0.4, -0.2) is 72.5 Å². The van der Waals surface area contributed by atoms with Gasteiger partial charge in [-0.05, 0) is 49.7 Å². The summed E-state index contributed by atoms with van der Waals surface area (Å²) in [5, 5.41) is 13.3. The molecular weight excluding hydrogens is 463 g/mol. The topological polar surface area (TPSA) is 76.1 Å². The number of carbonyl (C=O) groups excluding carboxylic acids is 2. The number of anilines is 2. The SMILES string of the molecule is Cc1cccc(N2CCN(C(=O)CN3CC[C@@H](C(=O)Nc4ccc(O)c(Cl)c4)C3)CC2)c1Cl. The smallest absolute Gasteiger partial charge is 0.236 e. The van der Waals surface area contributed by atoms with E-state index in [9.17, 15) is 14.7 Å². The van der Waals surface area contributed by atoms with Crippen LogP contribution in [0.15, 0.2) is 36.4 Å². The molecule has 0 unspecified atom stereocenters. The lowest BCUT2D eigenvalue weighted by Crippen LogP contribution is -2.51. The number of phenolic OH excluding ortho intramolecular Hbond substituents is 1. The summed E-state index contributed by atoms with van der Waals surface area (Å²) in [5.41, 5.74) is 2.62. The van der Waals surface area contributed by atoms with Crippen molar-refractivity contribution in [2.45, 2.75) is 13.3 Å². The van der Waals surface area contributed by atoms with Gasteiger partial charge in [0.15, 0.2) is 0 Å². The molecule has 0 saturated carbocycles. The molecule has 2 N–H and O–H groups in total. The second-order valence-electron chi connectivity index (χ2n) is 8.65. The van der Waals surface area contributed by atoms with Crippen molar-refractivity contribution < 1.29 is 14.7 Å². The zero-order valence-electron chi connectivity index (χ0n) is 18.6. The van der Waals surface area contributed by atoms with E-state index in [1.807, 2.05) is 34.9 Å². The van der Waals surface area contributed by atoms with Gasteiger partial charge in [-0.2, -0.15) is 0 Å². The number of hydrogen-bond acceptors (Lipinski definition) is 5. The van der Waals surface area contributed by atoms with Gasteiger partial charge in [0.25, 0.3) is 0 Å².